The minimum absolute atomic E-state index is 0.0344. The summed E-state index contributed by atoms with van der Waals surface area (Å²) < 4.78 is 1.88. The lowest BCUT2D eigenvalue weighted by Gasteiger charge is -2.17. The van der Waals surface area contributed by atoms with Crippen molar-refractivity contribution in [1.29, 1.82) is 0 Å². The Morgan fingerprint density at radius 1 is 1.39 bits per heavy atom. The largest absolute Gasteiger partial charge is 0.381 e. The molecule has 0 amide bonds. The lowest BCUT2D eigenvalue weighted by atomic mass is 10.0. The minimum atomic E-state index is -0.420. The molecule has 124 valence electrons. The smallest absolute Gasteiger partial charge is 0.273 e. The van der Waals surface area contributed by atoms with Gasteiger partial charge in [0.1, 0.15) is 0 Å². The molecule has 0 saturated heterocycles. The molecule has 1 aromatic carbocycles. The molecule has 0 spiro atoms. The summed E-state index contributed by atoms with van der Waals surface area (Å²) in [5.41, 5.74) is 4.70. The average Bonchev–Trinajstić information content (AvgIpc) is 2.68. The van der Waals surface area contributed by atoms with Crippen molar-refractivity contribution in [2.75, 3.05) is 5.32 Å². The second-order valence-corrected chi connectivity index (χ2v) is 6.31. The lowest BCUT2D eigenvalue weighted by Crippen LogP contribution is -2.19. The highest BCUT2D eigenvalue weighted by Crippen LogP contribution is 2.31. The molecule has 1 unspecified atom stereocenters. The Morgan fingerprint density at radius 3 is 2.57 bits per heavy atom. The van der Waals surface area contributed by atoms with Crippen molar-refractivity contribution in [3.8, 4) is 0 Å². The summed E-state index contributed by atoms with van der Waals surface area (Å²) in [5, 5.41) is 19.1. The summed E-state index contributed by atoms with van der Waals surface area (Å²) >= 11 is 6.18. The summed E-state index contributed by atoms with van der Waals surface area (Å²) in [5.74, 6) is 0. The summed E-state index contributed by atoms with van der Waals surface area (Å²) in [6.07, 6.45) is 0.803. The molecule has 2 aromatic rings. The number of nitrogens with one attached hydrogen (secondary N) is 1. The van der Waals surface area contributed by atoms with Crippen molar-refractivity contribution in [1.82, 2.24) is 9.78 Å². The van der Waals surface area contributed by atoms with Gasteiger partial charge in [-0.2, -0.15) is 5.10 Å². The first-order valence-corrected chi connectivity index (χ1v) is 7.78. The van der Waals surface area contributed by atoms with Crippen molar-refractivity contribution in [3.05, 3.63) is 49.8 Å². The van der Waals surface area contributed by atoms with E-state index in [-0.39, 0.29) is 11.7 Å². The van der Waals surface area contributed by atoms with E-state index in [1.807, 2.05) is 25.6 Å². The predicted molar refractivity (Wildman–Crippen MR) is 92.3 cm³/mol. The van der Waals surface area contributed by atoms with Gasteiger partial charge in [-0.25, -0.2) is 0 Å². The van der Waals surface area contributed by atoms with Crippen LogP contribution in [0.4, 0.5) is 11.4 Å². The minimum Gasteiger partial charge on any atom is -0.381 e. The molecular formula is C16H21ClN4O2. The zero-order valence-electron chi connectivity index (χ0n) is 14.0. The number of benzene rings is 1. The van der Waals surface area contributed by atoms with Crippen LogP contribution < -0.4 is 5.32 Å². The first-order valence-electron chi connectivity index (χ1n) is 7.40. The van der Waals surface area contributed by atoms with Crippen LogP contribution >= 0.6 is 11.6 Å². The maximum atomic E-state index is 10.9. The number of rotatable bonds is 5. The third-order valence-electron chi connectivity index (χ3n) is 4.05. The highest BCUT2D eigenvalue weighted by atomic mass is 35.5. The normalized spacial score (nSPS) is 12.3. The fourth-order valence-electron chi connectivity index (χ4n) is 2.71. The highest BCUT2D eigenvalue weighted by Gasteiger charge is 2.17. The van der Waals surface area contributed by atoms with Crippen LogP contribution in [-0.2, 0) is 13.5 Å². The van der Waals surface area contributed by atoms with E-state index in [0.29, 0.717) is 16.3 Å². The Balaban J connectivity index is 2.19. The van der Waals surface area contributed by atoms with Gasteiger partial charge >= 0.3 is 0 Å². The van der Waals surface area contributed by atoms with Gasteiger partial charge in [0, 0.05) is 30.4 Å². The Labute approximate surface area is 140 Å². The van der Waals surface area contributed by atoms with Crippen molar-refractivity contribution < 1.29 is 4.92 Å². The van der Waals surface area contributed by atoms with Gasteiger partial charge in [-0.15, -0.1) is 0 Å². The van der Waals surface area contributed by atoms with Crippen molar-refractivity contribution >= 4 is 23.0 Å². The molecule has 0 fully saturated rings. The van der Waals surface area contributed by atoms with E-state index < -0.39 is 4.92 Å². The second kappa shape index (κ2) is 6.58. The monoisotopic (exact) mass is 336 g/mol. The Kier molecular flexibility index (Phi) is 4.94. The van der Waals surface area contributed by atoms with E-state index in [4.69, 9.17) is 11.6 Å². The molecule has 0 aliphatic heterocycles. The van der Waals surface area contributed by atoms with E-state index in [0.717, 1.165) is 17.8 Å². The maximum absolute atomic E-state index is 10.9. The molecule has 23 heavy (non-hydrogen) atoms. The highest BCUT2D eigenvalue weighted by molar-refractivity contribution is 6.33. The fourth-order valence-corrected chi connectivity index (χ4v) is 2.93. The predicted octanol–water partition coefficient (Wildman–Crippen LogP) is 3.95. The standard InChI is InChI=1S/C16H21ClN4O2/c1-9-6-15(14(17)8-16(9)21(22)23)18-10(2)7-13-11(3)19-20(5)12(13)4/h6,8,10,18H,7H2,1-5H3. The molecule has 1 aromatic heterocycles. The van der Waals surface area contributed by atoms with Crippen LogP contribution in [0.25, 0.3) is 0 Å². The van der Waals surface area contributed by atoms with E-state index >= 15 is 0 Å². The van der Waals surface area contributed by atoms with Crippen molar-refractivity contribution in [2.45, 2.75) is 40.2 Å². The van der Waals surface area contributed by atoms with Crippen LogP contribution in [0.2, 0.25) is 5.02 Å². The lowest BCUT2D eigenvalue weighted by molar-refractivity contribution is -0.385. The molecule has 6 nitrogen and oxygen atoms in total. The number of anilines is 1. The van der Waals surface area contributed by atoms with Crippen LogP contribution in [0.15, 0.2) is 12.1 Å². The van der Waals surface area contributed by atoms with Gasteiger partial charge in [0.2, 0.25) is 0 Å². The number of aromatic nitrogens is 2. The van der Waals surface area contributed by atoms with Crippen LogP contribution in [-0.4, -0.2) is 20.7 Å². The molecule has 0 aliphatic carbocycles. The van der Waals surface area contributed by atoms with Gasteiger partial charge < -0.3 is 5.32 Å². The van der Waals surface area contributed by atoms with Crippen LogP contribution in [0.1, 0.15) is 29.4 Å². The van der Waals surface area contributed by atoms with Gasteiger partial charge in [0.15, 0.2) is 0 Å². The van der Waals surface area contributed by atoms with E-state index in [1.54, 1.807) is 13.0 Å². The van der Waals surface area contributed by atoms with Gasteiger partial charge in [0.05, 0.1) is 21.3 Å². The summed E-state index contributed by atoms with van der Waals surface area (Å²) in [6.45, 7) is 7.81. The molecular weight excluding hydrogens is 316 g/mol. The third-order valence-corrected chi connectivity index (χ3v) is 4.37. The average molecular weight is 337 g/mol. The van der Waals surface area contributed by atoms with Crippen molar-refractivity contribution in [3.63, 3.8) is 0 Å². The molecule has 0 saturated carbocycles. The molecule has 1 heterocycles. The molecule has 0 bridgehead atoms. The number of hydrogen-bond acceptors (Lipinski definition) is 4. The topological polar surface area (TPSA) is 73.0 Å². The first kappa shape index (κ1) is 17.3. The van der Waals surface area contributed by atoms with Crippen LogP contribution in [0, 0.1) is 30.9 Å². The molecule has 0 radical (unpaired) electrons. The van der Waals surface area contributed by atoms with E-state index in [9.17, 15) is 10.1 Å². The molecule has 1 N–H and O–H groups in total. The zero-order chi connectivity index (χ0) is 17.3. The molecule has 1 atom stereocenters. The van der Waals surface area contributed by atoms with Crippen LogP contribution in [0.5, 0.6) is 0 Å². The van der Waals surface area contributed by atoms with Gasteiger partial charge in [0.25, 0.3) is 5.69 Å². The number of nitro groups is 1. The van der Waals surface area contributed by atoms with E-state index in [1.165, 1.54) is 11.6 Å². The van der Waals surface area contributed by atoms with E-state index in [2.05, 4.69) is 17.3 Å². The Bertz CT molecular complexity index is 755. The SMILES string of the molecule is Cc1cc(NC(C)Cc2c(C)nn(C)c2C)c(Cl)cc1[N+](=O)[O-]. The summed E-state index contributed by atoms with van der Waals surface area (Å²) in [4.78, 5) is 10.5. The van der Waals surface area contributed by atoms with Crippen molar-refractivity contribution in [2.24, 2.45) is 7.05 Å². The molecule has 2 rings (SSSR count). The molecule has 0 aliphatic rings. The first-order chi connectivity index (χ1) is 10.7. The molecule has 7 heteroatoms. The zero-order valence-corrected chi connectivity index (χ0v) is 14.7. The number of nitro benzene ring substituents is 1. The van der Waals surface area contributed by atoms with Gasteiger partial charge in [-0.05, 0) is 45.7 Å². The van der Waals surface area contributed by atoms with Gasteiger partial charge in [-0.1, -0.05) is 11.6 Å². The maximum Gasteiger partial charge on any atom is 0.273 e. The number of aryl methyl sites for hydroxylation is 3. The number of halogens is 1. The fraction of sp³-hybridized carbons (Fsp3) is 0.438. The third kappa shape index (κ3) is 3.64. The summed E-state index contributed by atoms with van der Waals surface area (Å²) in [6, 6.07) is 3.24. The van der Waals surface area contributed by atoms with Gasteiger partial charge in [-0.3, -0.25) is 14.8 Å². The van der Waals surface area contributed by atoms with Crippen LogP contribution in [0.3, 0.4) is 0 Å². The Hall–Kier alpha value is -2.08. The number of nitrogens with zero attached hydrogens (tertiary/aromatic N) is 3. The second-order valence-electron chi connectivity index (χ2n) is 5.90. The number of hydrogen-bond donors (Lipinski definition) is 1. The summed E-state index contributed by atoms with van der Waals surface area (Å²) in [7, 11) is 1.93. The quantitative estimate of drug-likeness (QED) is 0.662. The Morgan fingerprint density at radius 2 is 2.04 bits per heavy atom.